The fourth-order valence-corrected chi connectivity index (χ4v) is 4.02. The molecule has 0 saturated carbocycles. The lowest BCUT2D eigenvalue weighted by molar-refractivity contribution is -0.163. The van der Waals surface area contributed by atoms with Crippen molar-refractivity contribution >= 4 is 16.9 Å². The fourth-order valence-electron chi connectivity index (χ4n) is 4.02. The SMILES string of the molecule is CC(C)C(C)(C)C(C)(C)C(=O)OCCCCCCOc1cncc2oc(=O)c(-c3ccccc3)cc12. The topological polar surface area (TPSA) is 78.6 Å². The van der Waals surface area contributed by atoms with Crippen LogP contribution >= 0.6 is 0 Å². The third-order valence-electron chi connectivity index (χ3n) is 7.80. The van der Waals surface area contributed by atoms with E-state index in [1.165, 1.54) is 6.20 Å². The van der Waals surface area contributed by atoms with Crippen LogP contribution in [0.1, 0.15) is 67.2 Å². The van der Waals surface area contributed by atoms with E-state index in [9.17, 15) is 9.59 Å². The monoisotopic (exact) mass is 493 g/mol. The Bertz CT molecular complexity index is 1210. The molecule has 0 fully saturated rings. The van der Waals surface area contributed by atoms with Gasteiger partial charge < -0.3 is 13.9 Å². The van der Waals surface area contributed by atoms with Gasteiger partial charge in [-0.1, -0.05) is 58.0 Å². The van der Waals surface area contributed by atoms with Crippen LogP contribution < -0.4 is 10.4 Å². The van der Waals surface area contributed by atoms with Crippen molar-refractivity contribution in [2.24, 2.45) is 16.7 Å². The Morgan fingerprint density at radius 2 is 1.64 bits per heavy atom. The summed E-state index contributed by atoms with van der Waals surface area (Å²) in [5, 5.41) is 0.724. The number of pyridine rings is 1. The van der Waals surface area contributed by atoms with Crippen molar-refractivity contribution in [3.8, 4) is 16.9 Å². The molecule has 2 aromatic heterocycles. The molecule has 3 rings (SSSR count). The third-order valence-corrected chi connectivity index (χ3v) is 7.80. The minimum atomic E-state index is -0.541. The molecule has 0 radical (unpaired) electrons. The van der Waals surface area contributed by atoms with Crippen molar-refractivity contribution in [1.29, 1.82) is 0 Å². The molecule has 0 spiro atoms. The first-order valence-corrected chi connectivity index (χ1v) is 12.8. The van der Waals surface area contributed by atoms with E-state index >= 15 is 0 Å². The summed E-state index contributed by atoms with van der Waals surface area (Å²) in [6, 6.07) is 11.2. The highest BCUT2D eigenvalue weighted by atomic mass is 16.5. The van der Waals surface area contributed by atoms with Gasteiger partial charge >= 0.3 is 11.6 Å². The number of hydrogen-bond donors (Lipinski definition) is 0. The molecule has 2 heterocycles. The number of rotatable bonds is 12. The van der Waals surface area contributed by atoms with Crippen LogP contribution in [0.2, 0.25) is 0 Å². The summed E-state index contributed by atoms with van der Waals surface area (Å²) in [4.78, 5) is 29.3. The molecule has 194 valence electrons. The molecule has 0 aliphatic rings. The molecule has 0 unspecified atom stereocenters. The van der Waals surface area contributed by atoms with Gasteiger partial charge in [-0.05, 0) is 62.5 Å². The molecule has 6 heteroatoms. The zero-order chi connectivity index (χ0) is 26.3. The first-order valence-electron chi connectivity index (χ1n) is 12.8. The average Bonchev–Trinajstić information content (AvgIpc) is 2.85. The van der Waals surface area contributed by atoms with Crippen molar-refractivity contribution in [3.63, 3.8) is 0 Å². The van der Waals surface area contributed by atoms with Gasteiger partial charge in [-0.25, -0.2) is 4.79 Å². The van der Waals surface area contributed by atoms with Gasteiger partial charge in [0, 0.05) is 0 Å². The van der Waals surface area contributed by atoms with Crippen LogP contribution in [0.4, 0.5) is 0 Å². The standard InChI is InChI=1S/C30H39NO5/c1-21(2)29(3,4)30(5,6)28(33)35-17-13-8-7-12-16-34-25-19-31-20-26-24(25)18-23(27(32)36-26)22-14-10-9-11-15-22/h9-11,14-15,18-21H,7-8,12-13,16-17H2,1-6H3. The molecule has 6 nitrogen and oxygen atoms in total. The number of carbonyl (C=O) groups excluding carboxylic acids is 1. The Labute approximate surface area is 214 Å². The Balaban J connectivity index is 1.47. The van der Waals surface area contributed by atoms with Crippen LogP contribution in [0.5, 0.6) is 5.75 Å². The number of carbonyl (C=O) groups is 1. The van der Waals surface area contributed by atoms with Gasteiger partial charge in [0.25, 0.3) is 0 Å². The number of fused-ring (bicyclic) bond motifs is 1. The number of ether oxygens (including phenoxy) is 2. The number of benzene rings is 1. The maximum atomic E-state index is 12.7. The number of hydrogen-bond acceptors (Lipinski definition) is 6. The van der Waals surface area contributed by atoms with Crippen LogP contribution in [-0.4, -0.2) is 24.2 Å². The van der Waals surface area contributed by atoms with Crippen LogP contribution in [0.15, 0.2) is 58.0 Å². The quantitative estimate of drug-likeness (QED) is 0.199. The van der Waals surface area contributed by atoms with Crippen molar-refractivity contribution in [2.75, 3.05) is 13.2 Å². The molecule has 36 heavy (non-hydrogen) atoms. The van der Waals surface area contributed by atoms with Crippen LogP contribution in [0, 0.1) is 16.7 Å². The van der Waals surface area contributed by atoms with Gasteiger partial charge in [0.15, 0.2) is 5.58 Å². The van der Waals surface area contributed by atoms with Crippen molar-refractivity contribution < 1.29 is 18.7 Å². The van der Waals surface area contributed by atoms with Gasteiger partial charge in [-0.15, -0.1) is 0 Å². The maximum Gasteiger partial charge on any atom is 0.344 e. The molecule has 0 bridgehead atoms. The molecule has 1 aromatic carbocycles. The van der Waals surface area contributed by atoms with Gasteiger partial charge in [-0.3, -0.25) is 9.78 Å². The first kappa shape index (κ1) is 27.4. The van der Waals surface area contributed by atoms with Gasteiger partial charge in [0.05, 0.1) is 42.0 Å². The van der Waals surface area contributed by atoms with Gasteiger partial charge in [0.2, 0.25) is 0 Å². The van der Waals surface area contributed by atoms with E-state index in [2.05, 4.69) is 32.7 Å². The summed E-state index contributed by atoms with van der Waals surface area (Å²) in [6.07, 6.45) is 6.77. The summed E-state index contributed by atoms with van der Waals surface area (Å²) in [5.41, 5.74) is 0.608. The van der Waals surface area contributed by atoms with Crippen molar-refractivity contribution in [1.82, 2.24) is 4.98 Å². The lowest BCUT2D eigenvalue weighted by Crippen LogP contribution is -2.44. The summed E-state index contributed by atoms with van der Waals surface area (Å²) in [5.74, 6) is 0.838. The first-order chi connectivity index (χ1) is 17.1. The van der Waals surface area contributed by atoms with Crippen molar-refractivity contribution in [2.45, 2.75) is 67.2 Å². The second-order valence-electron chi connectivity index (χ2n) is 10.8. The Hall–Kier alpha value is -3.15. The molecule has 0 saturated heterocycles. The average molecular weight is 494 g/mol. The Morgan fingerprint density at radius 1 is 0.972 bits per heavy atom. The molecule has 0 N–H and O–H groups in total. The molecule has 0 aliphatic heterocycles. The predicted octanol–water partition coefficient (Wildman–Crippen LogP) is 7.05. The number of nitrogens with zero attached hydrogens (tertiary/aromatic N) is 1. The van der Waals surface area contributed by atoms with E-state index in [1.54, 1.807) is 6.20 Å². The number of esters is 1. The lowest BCUT2D eigenvalue weighted by Gasteiger charge is -2.42. The minimum absolute atomic E-state index is 0.130. The smallest absolute Gasteiger partial charge is 0.344 e. The Kier molecular flexibility index (Phi) is 8.93. The van der Waals surface area contributed by atoms with E-state index in [1.807, 2.05) is 50.2 Å². The second-order valence-corrected chi connectivity index (χ2v) is 10.8. The summed E-state index contributed by atoms with van der Waals surface area (Å²) in [7, 11) is 0. The largest absolute Gasteiger partial charge is 0.491 e. The molecule has 0 aliphatic carbocycles. The summed E-state index contributed by atoms with van der Waals surface area (Å²) in [6.45, 7) is 13.4. The van der Waals surface area contributed by atoms with E-state index in [4.69, 9.17) is 13.9 Å². The van der Waals surface area contributed by atoms with Crippen molar-refractivity contribution in [3.05, 3.63) is 59.2 Å². The predicted molar refractivity (Wildman–Crippen MR) is 143 cm³/mol. The molecular weight excluding hydrogens is 454 g/mol. The van der Waals surface area contributed by atoms with Crippen LogP contribution in [-0.2, 0) is 9.53 Å². The van der Waals surface area contributed by atoms with E-state index in [-0.39, 0.29) is 11.4 Å². The third kappa shape index (κ3) is 6.15. The van der Waals surface area contributed by atoms with E-state index < -0.39 is 11.0 Å². The Morgan fingerprint density at radius 3 is 2.31 bits per heavy atom. The molecule has 0 atom stereocenters. The fraction of sp³-hybridized carbons (Fsp3) is 0.500. The summed E-state index contributed by atoms with van der Waals surface area (Å²) >= 11 is 0. The second kappa shape index (κ2) is 11.7. The number of aromatic nitrogens is 1. The van der Waals surface area contributed by atoms with Gasteiger partial charge in [0.1, 0.15) is 5.75 Å². The normalized spacial score (nSPS) is 12.2. The highest BCUT2D eigenvalue weighted by Gasteiger charge is 2.46. The maximum absolute atomic E-state index is 12.7. The molecule has 0 amide bonds. The zero-order valence-corrected chi connectivity index (χ0v) is 22.4. The lowest BCUT2D eigenvalue weighted by atomic mass is 9.62. The van der Waals surface area contributed by atoms with Gasteiger partial charge in [-0.2, -0.15) is 0 Å². The molecule has 3 aromatic rings. The van der Waals surface area contributed by atoms with E-state index in [0.717, 1.165) is 36.6 Å². The minimum Gasteiger partial charge on any atom is -0.491 e. The molecular formula is C30H39NO5. The van der Waals surface area contributed by atoms with E-state index in [0.29, 0.717) is 36.0 Å². The highest BCUT2D eigenvalue weighted by Crippen LogP contribution is 2.45. The number of unbranched alkanes of at least 4 members (excludes halogenated alkanes) is 3. The zero-order valence-electron chi connectivity index (χ0n) is 22.4. The van der Waals surface area contributed by atoms with Crippen LogP contribution in [0.3, 0.4) is 0 Å². The van der Waals surface area contributed by atoms with Crippen LogP contribution in [0.25, 0.3) is 22.1 Å². The highest BCUT2D eigenvalue weighted by molar-refractivity contribution is 5.86. The summed E-state index contributed by atoms with van der Waals surface area (Å²) < 4.78 is 17.1.